The summed E-state index contributed by atoms with van der Waals surface area (Å²) in [5.74, 6) is -0.259. The lowest BCUT2D eigenvalue weighted by atomic mass is 10.1. The predicted octanol–water partition coefficient (Wildman–Crippen LogP) is 4.06. The van der Waals surface area contributed by atoms with Crippen molar-refractivity contribution in [2.24, 2.45) is 0 Å². The van der Waals surface area contributed by atoms with E-state index in [1.165, 1.54) is 32.2 Å². The molecule has 6 nitrogen and oxygen atoms in total. The molecule has 0 saturated heterocycles. The number of carbonyl (C=O) groups excluding carboxylic acids is 1. The second-order valence-corrected chi connectivity index (χ2v) is 6.86. The monoisotopic (exact) mass is 431 g/mol. The molecule has 9 heteroatoms. The quantitative estimate of drug-likeness (QED) is 0.661. The molecule has 0 aliphatic rings. The van der Waals surface area contributed by atoms with E-state index in [1.54, 1.807) is 31.2 Å². The third-order valence-electron chi connectivity index (χ3n) is 4.71. The fraction of sp³-hybridized carbons (Fsp3) is 0.227. The van der Waals surface area contributed by atoms with Gasteiger partial charge in [0.25, 0.3) is 5.91 Å². The summed E-state index contributed by atoms with van der Waals surface area (Å²) in [6.45, 7) is 3.14. The molecule has 31 heavy (non-hydrogen) atoms. The SMILES string of the molecule is COc1ccccc1C(C)NC(=O)c1nn(-c2ccccc2C(F)(F)F)c(C)cc1=O. The van der Waals surface area contributed by atoms with Gasteiger partial charge in [0, 0.05) is 17.3 Å². The molecule has 0 aliphatic heterocycles. The van der Waals surface area contributed by atoms with Crippen molar-refractivity contribution in [3.63, 3.8) is 0 Å². The lowest BCUT2D eigenvalue weighted by Crippen LogP contribution is -2.34. The minimum absolute atomic E-state index is 0.163. The zero-order valence-corrected chi connectivity index (χ0v) is 17.0. The number of aromatic nitrogens is 2. The van der Waals surface area contributed by atoms with Gasteiger partial charge in [0.05, 0.1) is 24.4 Å². The van der Waals surface area contributed by atoms with Crippen molar-refractivity contribution in [3.8, 4) is 11.4 Å². The zero-order chi connectivity index (χ0) is 22.8. The Kier molecular flexibility index (Phi) is 6.14. The van der Waals surface area contributed by atoms with Crippen LogP contribution in [0.5, 0.6) is 5.75 Å². The summed E-state index contributed by atoms with van der Waals surface area (Å²) in [6, 6.07) is 12.4. The number of methoxy groups -OCH3 is 1. The Morgan fingerprint density at radius 3 is 2.45 bits per heavy atom. The topological polar surface area (TPSA) is 73.2 Å². The Labute approximate surface area is 176 Å². The van der Waals surface area contributed by atoms with Crippen LogP contribution in [-0.4, -0.2) is 22.8 Å². The van der Waals surface area contributed by atoms with Gasteiger partial charge in [-0.2, -0.15) is 18.3 Å². The zero-order valence-electron chi connectivity index (χ0n) is 17.0. The molecule has 1 amide bonds. The van der Waals surface area contributed by atoms with Gasteiger partial charge in [-0.1, -0.05) is 30.3 Å². The van der Waals surface area contributed by atoms with Crippen molar-refractivity contribution in [3.05, 3.63) is 87.3 Å². The molecule has 1 aromatic heterocycles. The Morgan fingerprint density at radius 1 is 1.13 bits per heavy atom. The van der Waals surface area contributed by atoms with Crippen molar-refractivity contribution in [1.82, 2.24) is 15.1 Å². The molecule has 1 unspecified atom stereocenters. The fourth-order valence-electron chi connectivity index (χ4n) is 3.21. The Balaban J connectivity index is 2.01. The lowest BCUT2D eigenvalue weighted by Gasteiger charge is -2.18. The van der Waals surface area contributed by atoms with Crippen LogP contribution in [-0.2, 0) is 6.18 Å². The molecular formula is C22H20F3N3O3. The van der Waals surface area contributed by atoms with E-state index in [4.69, 9.17) is 4.74 Å². The first-order valence-electron chi connectivity index (χ1n) is 9.35. The van der Waals surface area contributed by atoms with E-state index in [2.05, 4.69) is 10.4 Å². The maximum atomic E-state index is 13.4. The van der Waals surface area contributed by atoms with Gasteiger partial charge in [0.1, 0.15) is 5.75 Å². The molecular weight excluding hydrogens is 411 g/mol. The Hall–Kier alpha value is -3.62. The summed E-state index contributed by atoms with van der Waals surface area (Å²) < 4.78 is 46.6. The Morgan fingerprint density at radius 2 is 1.77 bits per heavy atom. The van der Waals surface area contributed by atoms with Crippen LogP contribution in [0.1, 0.15) is 40.3 Å². The maximum absolute atomic E-state index is 13.4. The molecule has 162 valence electrons. The number of aryl methyl sites for hydroxylation is 1. The number of alkyl halides is 3. The smallest absolute Gasteiger partial charge is 0.418 e. The summed E-state index contributed by atoms with van der Waals surface area (Å²) in [5, 5.41) is 6.62. The van der Waals surface area contributed by atoms with Crippen LogP contribution < -0.4 is 15.5 Å². The first-order chi connectivity index (χ1) is 14.6. The summed E-state index contributed by atoms with van der Waals surface area (Å²) in [4.78, 5) is 25.2. The molecule has 0 saturated carbocycles. The van der Waals surface area contributed by atoms with E-state index in [-0.39, 0.29) is 11.4 Å². The van der Waals surface area contributed by atoms with Gasteiger partial charge in [-0.3, -0.25) is 9.59 Å². The summed E-state index contributed by atoms with van der Waals surface area (Å²) in [6.07, 6.45) is -4.63. The average Bonchev–Trinajstić information content (AvgIpc) is 2.73. The molecule has 0 bridgehead atoms. The average molecular weight is 431 g/mol. The number of para-hydroxylation sites is 2. The highest BCUT2D eigenvalue weighted by Crippen LogP contribution is 2.33. The summed E-state index contributed by atoms with van der Waals surface area (Å²) >= 11 is 0. The van der Waals surface area contributed by atoms with Crippen molar-refractivity contribution in [1.29, 1.82) is 0 Å². The van der Waals surface area contributed by atoms with Gasteiger partial charge < -0.3 is 10.1 Å². The van der Waals surface area contributed by atoms with Gasteiger partial charge in [-0.25, -0.2) is 4.68 Å². The third-order valence-corrected chi connectivity index (χ3v) is 4.71. The minimum Gasteiger partial charge on any atom is -0.496 e. The van der Waals surface area contributed by atoms with Crippen molar-refractivity contribution < 1.29 is 22.7 Å². The van der Waals surface area contributed by atoms with Gasteiger partial charge in [-0.05, 0) is 32.0 Å². The number of nitrogens with zero attached hydrogens (tertiary/aromatic N) is 2. The second kappa shape index (κ2) is 8.63. The largest absolute Gasteiger partial charge is 0.496 e. The standard InChI is InChI=1S/C22H20F3N3O3/c1-13-12-18(29)20(21(30)26-14(2)15-8-4-7-11-19(15)31-3)27-28(13)17-10-6-5-9-16(17)22(23,24)25/h4-12,14H,1-3H3,(H,26,30). The van der Waals surface area contributed by atoms with Crippen LogP contribution in [0.15, 0.2) is 59.4 Å². The normalized spacial score (nSPS) is 12.3. The molecule has 2 aromatic carbocycles. The minimum atomic E-state index is -4.63. The first kappa shape index (κ1) is 22.1. The van der Waals surface area contributed by atoms with Crippen LogP contribution >= 0.6 is 0 Å². The fourth-order valence-corrected chi connectivity index (χ4v) is 3.21. The van der Waals surface area contributed by atoms with Crippen LogP contribution in [0.25, 0.3) is 5.69 Å². The molecule has 3 rings (SSSR count). The predicted molar refractivity (Wildman–Crippen MR) is 108 cm³/mol. The van der Waals surface area contributed by atoms with Crippen LogP contribution in [0.3, 0.4) is 0 Å². The molecule has 1 atom stereocenters. The van der Waals surface area contributed by atoms with Crippen molar-refractivity contribution in [2.45, 2.75) is 26.1 Å². The molecule has 0 fully saturated rings. The van der Waals surface area contributed by atoms with Gasteiger partial charge in [0.15, 0.2) is 5.69 Å². The van der Waals surface area contributed by atoms with E-state index in [0.717, 1.165) is 16.8 Å². The highest BCUT2D eigenvalue weighted by molar-refractivity contribution is 5.92. The number of halogens is 3. The van der Waals surface area contributed by atoms with E-state index in [9.17, 15) is 22.8 Å². The third kappa shape index (κ3) is 4.60. The summed E-state index contributed by atoms with van der Waals surface area (Å²) in [7, 11) is 1.49. The molecule has 0 radical (unpaired) electrons. The van der Waals surface area contributed by atoms with Crippen LogP contribution in [0, 0.1) is 6.92 Å². The van der Waals surface area contributed by atoms with Gasteiger partial charge in [-0.15, -0.1) is 0 Å². The van der Waals surface area contributed by atoms with Gasteiger partial charge in [0.2, 0.25) is 5.43 Å². The molecule has 1 N–H and O–H groups in total. The number of rotatable bonds is 5. The molecule has 3 aromatic rings. The molecule has 1 heterocycles. The van der Waals surface area contributed by atoms with E-state index in [1.807, 2.05) is 0 Å². The van der Waals surface area contributed by atoms with Crippen molar-refractivity contribution >= 4 is 5.91 Å². The number of ether oxygens (including phenoxy) is 1. The maximum Gasteiger partial charge on any atom is 0.418 e. The molecule has 0 spiro atoms. The summed E-state index contributed by atoms with van der Waals surface area (Å²) in [5.41, 5.74) is -1.57. The van der Waals surface area contributed by atoms with E-state index >= 15 is 0 Å². The number of nitrogens with one attached hydrogen (secondary N) is 1. The highest BCUT2D eigenvalue weighted by atomic mass is 19.4. The number of carbonyl (C=O) groups is 1. The first-order valence-corrected chi connectivity index (χ1v) is 9.35. The van der Waals surface area contributed by atoms with Gasteiger partial charge >= 0.3 is 6.18 Å². The highest BCUT2D eigenvalue weighted by Gasteiger charge is 2.34. The number of hydrogen-bond donors (Lipinski definition) is 1. The van der Waals surface area contributed by atoms with E-state index in [0.29, 0.717) is 11.3 Å². The number of amides is 1. The molecule has 0 aliphatic carbocycles. The van der Waals surface area contributed by atoms with Crippen LogP contribution in [0.4, 0.5) is 13.2 Å². The van der Waals surface area contributed by atoms with Crippen molar-refractivity contribution in [2.75, 3.05) is 7.11 Å². The number of benzene rings is 2. The number of hydrogen-bond acceptors (Lipinski definition) is 4. The van der Waals surface area contributed by atoms with Crippen LogP contribution in [0.2, 0.25) is 0 Å². The lowest BCUT2D eigenvalue weighted by molar-refractivity contribution is -0.137. The Bertz CT molecular complexity index is 1170. The van der Waals surface area contributed by atoms with E-state index < -0.39 is 34.8 Å². The second-order valence-electron chi connectivity index (χ2n) is 6.86.